The van der Waals surface area contributed by atoms with Crippen molar-refractivity contribution in [2.75, 3.05) is 0 Å². The summed E-state index contributed by atoms with van der Waals surface area (Å²) in [5, 5.41) is 3.56. The van der Waals surface area contributed by atoms with Crippen LogP contribution in [0.4, 0.5) is 0 Å². The number of hydrogen-bond acceptors (Lipinski definition) is 2. The molecule has 1 heterocycles. The highest BCUT2D eigenvalue weighted by Gasteiger charge is 2.13. The van der Waals surface area contributed by atoms with Crippen LogP contribution in [-0.4, -0.2) is 6.04 Å². The monoisotopic (exact) mass is 231 g/mol. The van der Waals surface area contributed by atoms with Crippen LogP contribution in [0.1, 0.15) is 38.6 Å². The SMILES string of the molecule is CC(NC(C)C(C)C)c1ccc(Cl)s1. The molecule has 1 aromatic rings. The van der Waals surface area contributed by atoms with Gasteiger partial charge in [-0.05, 0) is 31.9 Å². The molecule has 0 aromatic carbocycles. The van der Waals surface area contributed by atoms with Crippen LogP contribution in [0.2, 0.25) is 4.34 Å². The lowest BCUT2D eigenvalue weighted by Gasteiger charge is -2.22. The highest BCUT2D eigenvalue weighted by atomic mass is 35.5. The van der Waals surface area contributed by atoms with Gasteiger partial charge in [-0.15, -0.1) is 11.3 Å². The maximum absolute atomic E-state index is 5.89. The maximum atomic E-state index is 5.89. The molecule has 0 aliphatic carbocycles. The Balaban J connectivity index is 2.54. The van der Waals surface area contributed by atoms with E-state index in [0.29, 0.717) is 18.0 Å². The number of hydrogen-bond donors (Lipinski definition) is 1. The highest BCUT2D eigenvalue weighted by molar-refractivity contribution is 7.16. The fourth-order valence-electron chi connectivity index (χ4n) is 1.23. The summed E-state index contributed by atoms with van der Waals surface area (Å²) in [5.74, 6) is 0.660. The largest absolute Gasteiger partial charge is 0.307 e. The van der Waals surface area contributed by atoms with Gasteiger partial charge in [-0.1, -0.05) is 25.4 Å². The molecule has 14 heavy (non-hydrogen) atoms. The summed E-state index contributed by atoms with van der Waals surface area (Å²) >= 11 is 7.55. The van der Waals surface area contributed by atoms with Gasteiger partial charge in [-0.2, -0.15) is 0 Å². The van der Waals surface area contributed by atoms with Gasteiger partial charge in [0, 0.05) is 17.0 Å². The van der Waals surface area contributed by atoms with Crippen LogP contribution >= 0.6 is 22.9 Å². The second kappa shape index (κ2) is 5.15. The number of rotatable bonds is 4. The molecule has 0 saturated carbocycles. The third-order valence-corrected chi connectivity index (χ3v) is 3.95. The van der Waals surface area contributed by atoms with Crippen molar-refractivity contribution in [3.63, 3.8) is 0 Å². The summed E-state index contributed by atoms with van der Waals surface area (Å²) in [7, 11) is 0. The minimum Gasteiger partial charge on any atom is -0.307 e. The van der Waals surface area contributed by atoms with E-state index in [4.69, 9.17) is 11.6 Å². The van der Waals surface area contributed by atoms with Gasteiger partial charge in [0.05, 0.1) is 4.34 Å². The molecule has 0 fully saturated rings. The Labute approximate surface area is 95.5 Å². The Kier molecular flexibility index (Phi) is 4.42. The third kappa shape index (κ3) is 3.26. The van der Waals surface area contributed by atoms with E-state index in [9.17, 15) is 0 Å². The van der Waals surface area contributed by atoms with Crippen LogP contribution in [0.15, 0.2) is 12.1 Å². The van der Waals surface area contributed by atoms with Crippen molar-refractivity contribution in [3.8, 4) is 0 Å². The predicted octanol–water partition coefficient (Wildman–Crippen LogP) is 4.10. The molecule has 0 spiro atoms. The molecule has 0 radical (unpaired) electrons. The lowest BCUT2D eigenvalue weighted by atomic mass is 10.1. The molecule has 1 aromatic heterocycles. The molecule has 2 atom stereocenters. The van der Waals surface area contributed by atoms with Gasteiger partial charge < -0.3 is 5.32 Å². The van der Waals surface area contributed by atoms with Crippen LogP contribution in [0, 0.1) is 5.92 Å². The van der Waals surface area contributed by atoms with Gasteiger partial charge in [-0.25, -0.2) is 0 Å². The minimum atomic E-state index is 0.393. The smallest absolute Gasteiger partial charge is 0.0931 e. The zero-order chi connectivity index (χ0) is 10.7. The van der Waals surface area contributed by atoms with Crippen molar-refractivity contribution in [2.45, 2.75) is 39.8 Å². The molecule has 0 saturated heterocycles. The highest BCUT2D eigenvalue weighted by Crippen LogP contribution is 2.27. The van der Waals surface area contributed by atoms with Crippen LogP contribution < -0.4 is 5.32 Å². The number of halogens is 1. The second-order valence-corrected chi connectivity index (χ2v) is 5.81. The van der Waals surface area contributed by atoms with Crippen molar-refractivity contribution in [1.29, 1.82) is 0 Å². The van der Waals surface area contributed by atoms with E-state index in [2.05, 4.69) is 39.1 Å². The minimum absolute atomic E-state index is 0.393. The van der Waals surface area contributed by atoms with Crippen LogP contribution in [0.5, 0.6) is 0 Å². The van der Waals surface area contributed by atoms with Gasteiger partial charge in [0.1, 0.15) is 0 Å². The number of nitrogens with one attached hydrogen (secondary N) is 1. The molecular formula is C11H18ClNS. The molecule has 2 unspecified atom stereocenters. The fourth-order valence-corrected chi connectivity index (χ4v) is 2.30. The average molecular weight is 232 g/mol. The van der Waals surface area contributed by atoms with Gasteiger partial charge in [0.25, 0.3) is 0 Å². The summed E-state index contributed by atoms with van der Waals surface area (Å²) in [6.07, 6.45) is 0. The molecule has 0 bridgehead atoms. The Morgan fingerprint density at radius 2 is 1.86 bits per heavy atom. The molecule has 0 aliphatic heterocycles. The van der Waals surface area contributed by atoms with Crippen LogP contribution in [-0.2, 0) is 0 Å². The fraction of sp³-hybridized carbons (Fsp3) is 0.636. The normalized spacial score (nSPS) is 15.9. The summed E-state index contributed by atoms with van der Waals surface area (Å²) in [6.45, 7) is 8.86. The molecule has 3 heteroatoms. The van der Waals surface area contributed by atoms with Gasteiger partial charge in [-0.3, -0.25) is 0 Å². The van der Waals surface area contributed by atoms with Crippen molar-refractivity contribution in [3.05, 3.63) is 21.3 Å². The first-order valence-corrected chi connectivity index (χ1v) is 6.21. The Hall–Kier alpha value is -0.0500. The van der Waals surface area contributed by atoms with E-state index < -0.39 is 0 Å². The van der Waals surface area contributed by atoms with Gasteiger partial charge in [0.15, 0.2) is 0 Å². The first-order chi connectivity index (χ1) is 6.50. The number of thiophene rings is 1. The average Bonchev–Trinajstić information content (AvgIpc) is 2.51. The van der Waals surface area contributed by atoms with Crippen molar-refractivity contribution >= 4 is 22.9 Å². The van der Waals surface area contributed by atoms with Gasteiger partial charge in [0.2, 0.25) is 0 Å². The van der Waals surface area contributed by atoms with E-state index in [-0.39, 0.29) is 0 Å². The first-order valence-electron chi connectivity index (χ1n) is 5.02. The maximum Gasteiger partial charge on any atom is 0.0931 e. The Morgan fingerprint density at radius 3 is 2.29 bits per heavy atom. The summed E-state index contributed by atoms with van der Waals surface area (Å²) in [4.78, 5) is 1.31. The Morgan fingerprint density at radius 1 is 1.21 bits per heavy atom. The van der Waals surface area contributed by atoms with E-state index in [0.717, 1.165) is 4.34 Å². The topological polar surface area (TPSA) is 12.0 Å². The Bertz CT molecular complexity index is 283. The molecule has 1 N–H and O–H groups in total. The first kappa shape index (κ1) is 12.0. The van der Waals surface area contributed by atoms with Crippen LogP contribution in [0.25, 0.3) is 0 Å². The lowest BCUT2D eigenvalue weighted by molar-refractivity contribution is 0.391. The second-order valence-electron chi connectivity index (χ2n) is 4.06. The van der Waals surface area contributed by atoms with Crippen molar-refractivity contribution in [2.24, 2.45) is 5.92 Å². The molecular weight excluding hydrogens is 214 g/mol. The molecule has 80 valence electrons. The molecule has 0 aliphatic rings. The van der Waals surface area contributed by atoms with E-state index in [1.54, 1.807) is 11.3 Å². The van der Waals surface area contributed by atoms with Crippen molar-refractivity contribution < 1.29 is 0 Å². The predicted molar refractivity (Wildman–Crippen MR) is 65.2 cm³/mol. The van der Waals surface area contributed by atoms with Crippen LogP contribution in [0.3, 0.4) is 0 Å². The van der Waals surface area contributed by atoms with E-state index in [1.807, 2.05) is 6.07 Å². The molecule has 0 amide bonds. The zero-order valence-electron chi connectivity index (χ0n) is 9.17. The van der Waals surface area contributed by atoms with E-state index >= 15 is 0 Å². The molecule has 1 rings (SSSR count). The lowest BCUT2D eigenvalue weighted by Crippen LogP contribution is -2.32. The summed E-state index contributed by atoms with van der Waals surface area (Å²) in [6, 6.07) is 4.98. The standard InChI is InChI=1S/C11H18ClNS/c1-7(2)8(3)13-9(4)10-5-6-11(12)14-10/h5-9,13H,1-4H3. The summed E-state index contributed by atoms with van der Waals surface area (Å²) < 4.78 is 0.867. The molecule has 1 nitrogen and oxygen atoms in total. The van der Waals surface area contributed by atoms with Gasteiger partial charge >= 0.3 is 0 Å². The zero-order valence-corrected chi connectivity index (χ0v) is 10.7. The third-order valence-electron chi connectivity index (χ3n) is 2.53. The summed E-state index contributed by atoms with van der Waals surface area (Å²) in [5.41, 5.74) is 0. The van der Waals surface area contributed by atoms with E-state index in [1.165, 1.54) is 4.88 Å². The quantitative estimate of drug-likeness (QED) is 0.823. The van der Waals surface area contributed by atoms with Crippen molar-refractivity contribution in [1.82, 2.24) is 5.32 Å².